The van der Waals surface area contributed by atoms with Gasteiger partial charge in [-0.15, -0.1) is 24.0 Å². The molecule has 3 heterocycles. The predicted molar refractivity (Wildman–Crippen MR) is 132 cm³/mol. The van der Waals surface area contributed by atoms with E-state index in [0.717, 1.165) is 71.3 Å². The Kier molecular flexibility index (Phi) is 10.5. The second kappa shape index (κ2) is 12.6. The lowest BCUT2D eigenvalue weighted by Gasteiger charge is -2.33. The van der Waals surface area contributed by atoms with E-state index in [2.05, 4.69) is 46.3 Å². The highest BCUT2D eigenvalue weighted by Gasteiger charge is 2.26. The summed E-state index contributed by atoms with van der Waals surface area (Å²) in [5, 5.41) is 6.88. The molecule has 0 amide bonds. The zero-order valence-electron chi connectivity index (χ0n) is 18.5. The highest BCUT2D eigenvalue weighted by Crippen LogP contribution is 2.20. The first-order valence-electron chi connectivity index (χ1n) is 10.9. The van der Waals surface area contributed by atoms with Crippen molar-refractivity contribution >= 4 is 35.8 Å². The molecule has 7 nitrogen and oxygen atoms in total. The average Bonchev–Trinajstić information content (AvgIpc) is 3.17. The molecule has 2 unspecified atom stereocenters. The third-order valence-electron chi connectivity index (χ3n) is 5.64. The molecule has 0 saturated carbocycles. The fraction of sp³-hybridized carbons (Fsp3) is 0.714. The van der Waals surface area contributed by atoms with Crippen molar-refractivity contribution in [3.63, 3.8) is 0 Å². The van der Waals surface area contributed by atoms with Gasteiger partial charge in [0.1, 0.15) is 0 Å². The summed E-state index contributed by atoms with van der Waals surface area (Å²) in [6.07, 6.45) is 2.59. The summed E-state index contributed by atoms with van der Waals surface area (Å²) in [6.45, 7) is 13.2. The van der Waals surface area contributed by atoms with Crippen molar-refractivity contribution in [2.45, 2.75) is 26.3 Å². The van der Waals surface area contributed by atoms with Crippen LogP contribution in [-0.2, 0) is 0 Å². The van der Waals surface area contributed by atoms with Crippen LogP contribution in [0, 0.1) is 11.7 Å². The van der Waals surface area contributed by atoms with Crippen LogP contribution in [0.5, 0.6) is 0 Å². The van der Waals surface area contributed by atoms with Crippen LogP contribution in [-0.4, -0.2) is 92.7 Å². The molecule has 0 bridgehead atoms. The van der Waals surface area contributed by atoms with E-state index in [0.29, 0.717) is 11.7 Å². The number of nitrogens with one attached hydrogen (secondary N) is 2. The number of halogens is 2. The molecule has 2 atom stereocenters. The number of anilines is 1. The molecule has 0 radical (unpaired) electrons. The van der Waals surface area contributed by atoms with Gasteiger partial charge in [-0.25, -0.2) is 9.37 Å². The third-order valence-corrected chi connectivity index (χ3v) is 5.64. The van der Waals surface area contributed by atoms with Gasteiger partial charge in [0, 0.05) is 71.1 Å². The van der Waals surface area contributed by atoms with E-state index in [4.69, 9.17) is 4.99 Å². The Balaban J connectivity index is 0.00000320. The van der Waals surface area contributed by atoms with Crippen LogP contribution in [0.15, 0.2) is 23.3 Å². The van der Waals surface area contributed by atoms with E-state index >= 15 is 0 Å². The van der Waals surface area contributed by atoms with Gasteiger partial charge in [-0.2, -0.15) is 0 Å². The lowest BCUT2D eigenvalue weighted by molar-refractivity contribution is 0.140. The molecular formula is C21H37FIN7. The molecule has 1 aromatic rings. The zero-order valence-corrected chi connectivity index (χ0v) is 20.8. The molecule has 9 heteroatoms. The van der Waals surface area contributed by atoms with Gasteiger partial charge in [0.25, 0.3) is 0 Å². The molecule has 0 spiro atoms. The highest BCUT2D eigenvalue weighted by molar-refractivity contribution is 14.0. The van der Waals surface area contributed by atoms with Gasteiger partial charge in [0.15, 0.2) is 17.6 Å². The number of piperazine rings is 1. The van der Waals surface area contributed by atoms with Gasteiger partial charge in [-0.05, 0) is 38.4 Å². The van der Waals surface area contributed by atoms with Crippen molar-refractivity contribution < 1.29 is 4.39 Å². The fourth-order valence-electron chi connectivity index (χ4n) is 3.97. The quantitative estimate of drug-likeness (QED) is 0.317. The number of hydrogen-bond acceptors (Lipinski definition) is 5. The van der Waals surface area contributed by atoms with Gasteiger partial charge in [-0.3, -0.25) is 4.99 Å². The van der Waals surface area contributed by atoms with Crippen LogP contribution in [0.1, 0.15) is 20.3 Å². The van der Waals surface area contributed by atoms with Crippen LogP contribution < -0.4 is 15.5 Å². The summed E-state index contributed by atoms with van der Waals surface area (Å²) < 4.78 is 14.0. The van der Waals surface area contributed by atoms with Crippen molar-refractivity contribution in [2.24, 2.45) is 10.9 Å². The van der Waals surface area contributed by atoms with Crippen molar-refractivity contribution in [3.05, 3.63) is 24.1 Å². The molecule has 0 aromatic carbocycles. The first-order chi connectivity index (χ1) is 14.0. The number of guanidine groups is 1. The van der Waals surface area contributed by atoms with Crippen LogP contribution in [0.25, 0.3) is 0 Å². The lowest BCUT2D eigenvalue weighted by atomic mass is 10.1. The fourth-order valence-corrected chi connectivity index (χ4v) is 3.97. The maximum absolute atomic E-state index is 14.0. The minimum absolute atomic E-state index is 0. The van der Waals surface area contributed by atoms with Crippen molar-refractivity contribution in [1.82, 2.24) is 25.4 Å². The predicted octanol–water partition coefficient (Wildman–Crippen LogP) is 1.86. The van der Waals surface area contributed by atoms with Crippen molar-refractivity contribution in [2.75, 3.05) is 70.9 Å². The van der Waals surface area contributed by atoms with E-state index in [1.54, 1.807) is 12.3 Å². The molecule has 2 fully saturated rings. The van der Waals surface area contributed by atoms with Gasteiger partial charge in [-0.1, -0.05) is 6.92 Å². The normalized spacial score (nSPS) is 21.9. The molecule has 0 aliphatic carbocycles. The summed E-state index contributed by atoms with van der Waals surface area (Å²) in [6, 6.07) is 3.34. The summed E-state index contributed by atoms with van der Waals surface area (Å²) in [5.74, 6) is 1.55. The minimum Gasteiger partial charge on any atom is -0.357 e. The number of pyridine rings is 1. The zero-order chi connectivity index (χ0) is 20.6. The number of aromatic nitrogens is 1. The number of hydrogen-bond donors (Lipinski definition) is 2. The standard InChI is InChI=1S/C21H36FN7.HI/c1-4-23-21(25-14-17(2)15-28-12-10-27(3)11-13-28)26-18-7-9-29(16-18)20-19(22)6-5-8-24-20;/h5-6,8,17-18H,4,7,9-16H2,1-3H3,(H2,23,25,26);1H. The van der Waals surface area contributed by atoms with Crippen LogP contribution >= 0.6 is 24.0 Å². The van der Waals surface area contributed by atoms with E-state index in [1.807, 2.05) is 4.90 Å². The molecule has 1 aromatic heterocycles. The molecule has 30 heavy (non-hydrogen) atoms. The Bertz CT molecular complexity index is 667. The molecular weight excluding hydrogens is 496 g/mol. The van der Waals surface area contributed by atoms with Crippen molar-refractivity contribution in [1.29, 1.82) is 0 Å². The SMILES string of the molecule is CCNC(=NCC(C)CN1CCN(C)CC1)NC1CCN(c2ncccc2F)C1.I. The molecule has 2 saturated heterocycles. The highest BCUT2D eigenvalue weighted by atomic mass is 127. The maximum atomic E-state index is 14.0. The van der Waals surface area contributed by atoms with Crippen LogP contribution in [0.3, 0.4) is 0 Å². The minimum atomic E-state index is -0.258. The number of nitrogens with zero attached hydrogens (tertiary/aromatic N) is 5. The van der Waals surface area contributed by atoms with Gasteiger partial charge in [0.2, 0.25) is 0 Å². The first kappa shape index (κ1) is 25.1. The van der Waals surface area contributed by atoms with E-state index in [-0.39, 0.29) is 35.8 Å². The largest absolute Gasteiger partial charge is 0.357 e. The molecule has 2 aliphatic heterocycles. The van der Waals surface area contributed by atoms with Crippen molar-refractivity contribution in [3.8, 4) is 0 Å². The smallest absolute Gasteiger partial charge is 0.191 e. The van der Waals surface area contributed by atoms with Gasteiger partial charge >= 0.3 is 0 Å². The van der Waals surface area contributed by atoms with Crippen LogP contribution in [0.4, 0.5) is 10.2 Å². The van der Waals surface area contributed by atoms with Gasteiger partial charge < -0.3 is 25.3 Å². The Labute approximate surface area is 197 Å². The maximum Gasteiger partial charge on any atom is 0.191 e. The Hall–Kier alpha value is -1.20. The number of rotatable bonds is 7. The average molecular weight is 533 g/mol. The molecule has 170 valence electrons. The summed E-state index contributed by atoms with van der Waals surface area (Å²) in [7, 11) is 2.19. The first-order valence-corrected chi connectivity index (χ1v) is 10.9. The topological polar surface area (TPSA) is 59.0 Å². The van der Waals surface area contributed by atoms with E-state index in [9.17, 15) is 4.39 Å². The van der Waals surface area contributed by atoms with Crippen LogP contribution in [0.2, 0.25) is 0 Å². The number of aliphatic imine (C=N–C) groups is 1. The monoisotopic (exact) mass is 533 g/mol. The summed E-state index contributed by atoms with van der Waals surface area (Å²) in [5.41, 5.74) is 0. The second-order valence-corrected chi connectivity index (χ2v) is 8.31. The second-order valence-electron chi connectivity index (χ2n) is 8.31. The molecule has 2 aliphatic rings. The Morgan fingerprint density at radius 2 is 2.07 bits per heavy atom. The summed E-state index contributed by atoms with van der Waals surface area (Å²) >= 11 is 0. The van der Waals surface area contributed by atoms with E-state index in [1.165, 1.54) is 6.07 Å². The molecule has 2 N–H and O–H groups in total. The number of likely N-dealkylation sites (N-methyl/N-ethyl adjacent to an activating group) is 1. The lowest BCUT2D eigenvalue weighted by Crippen LogP contribution is -2.46. The summed E-state index contributed by atoms with van der Waals surface area (Å²) in [4.78, 5) is 15.9. The third kappa shape index (κ3) is 7.49. The van der Waals surface area contributed by atoms with E-state index < -0.39 is 0 Å². The Morgan fingerprint density at radius 1 is 1.30 bits per heavy atom. The Morgan fingerprint density at radius 3 is 2.77 bits per heavy atom. The molecule has 3 rings (SSSR count). The van der Waals surface area contributed by atoms with Gasteiger partial charge in [0.05, 0.1) is 0 Å².